The Morgan fingerprint density at radius 3 is 2.73 bits per heavy atom. The Labute approximate surface area is 91.8 Å². The van der Waals surface area contributed by atoms with E-state index in [1.165, 1.54) is 0 Å². The summed E-state index contributed by atoms with van der Waals surface area (Å²) < 4.78 is 5.10. The first-order valence-corrected chi connectivity index (χ1v) is 5.64. The van der Waals surface area contributed by atoms with Crippen LogP contribution in [0.25, 0.3) is 0 Å². The molecule has 4 heteroatoms. The summed E-state index contributed by atoms with van der Waals surface area (Å²) in [6.45, 7) is 8.01. The highest BCUT2D eigenvalue weighted by Crippen LogP contribution is 2.14. The minimum atomic E-state index is -0.147. The summed E-state index contributed by atoms with van der Waals surface area (Å²) in [6, 6.07) is 0.195. The summed E-state index contributed by atoms with van der Waals surface area (Å²) in [5.41, 5.74) is 5.90. The second-order valence-corrected chi connectivity index (χ2v) is 4.83. The maximum Gasteiger partial charge on any atom is 0.320 e. The number of ether oxygens (including phenoxy) is 1. The fourth-order valence-corrected chi connectivity index (χ4v) is 2.12. The molecule has 1 heterocycles. The lowest BCUT2D eigenvalue weighted by Gasteiger charge is -2.34. The van der Waals surface area contributed by atoms with Gasteiger partial charge in [-0.1, -0.05) is 6.92 Å². The predicted molar refractivity (Wildman–Crippen MR) is 59.4 cm³/mol. The molecule has 0 spiro atoms. The van der Waals surface area contributed by atoms with Gasteiger partial charge in [0.25, 0.3) is 0 Å². The lowest BCUT2D eigenvalue weighted by Crippen LogP contribution is -2.48. The Morgan fingerprint density at radius 2 is 2.20 bits per heavy atom. The fourth-order valence-electron chi connectivity index (χ4n) is 2.12. The topological polar surface area (TPSA) is 55.6 Å². The number of nitrogens with two attached hydrogens (primary N) is 1. The third-order valence-electron chi connectivity index (χ3n) is 2.49. The Bertz CT molecular complexity index is 209. The number of carbonyl (C=O) groups is 1. The van der Waals surface area contributed by atoms with Crippen molar-refractivity contribution in [1.29, 1.82) is 0 Å². The zero-order valence-electron chi connectivity index (χ0n) is 9.90. The lowest BCUT2D eigenvalue weighted by atomic mass is 9.97. The van der Waals surface area contributed by atoms with Crippen LogP contribution >= 0.6 is 0 Å². The molecule has 2 atom stereocenters. The van der Waals surface area contributed by atoms with Crippen LogP contribution < -0.4 is 5.73 Å². The lowest BCUT2D eigenvalue weighted by molar-refractivity contribution is -0.149. The first-order valence-electron chi connectivity index (χ1n) is 5.64. The number of carbonyl (C=O) groups excluding carboxylic acids is 1. The summed E-state index contributed by atoms with van der Waals surface area (Å²) in [6.07, 6.45) is 1.02. The average Bonchev–Trinajstić information content (AvgIpc) is 1.98. The largest absolute Gasteiger partial charge is 0.462 e. The molecule has 88 valence electrons. The van der Waals surface area contributed by atoms with Crippen LogP contribution in [0.4, 0.5) is 0 Å². The van der Waals surface area contributed by atoms with Crippen molar-refractivity contribution in [2.45, 2.75) is 39.3 Å². The van der Waals surface area contributed by atoms with Gasteiger partial charge >= 0.3 is 5.97 Å². The molecule has 1 fully saturated rings. The fraction of sp³-hybridized carbons (Fsp3) is 0.909. The molecular weight excluding hydrogens is 192 g/mol. The van der Waals surface area contributed by atoms with Gasteiger partial charge in [0, 0.05) is 19.1 Å². The van der Waals surface area contributed by atoms with E-state index in [4.69, 9.17) is 10.5 Å². The summed E-state index contributed by atoms with van der Waals surface area (Å²) in [5, 5.41) is 0. The van der Waals surface area contributed by atoms with Gasteiger partial charge in [-0.25, -0.2) is 0 Å². The van der Waals surface area contributed by atoms with E-state index in [2.05, 4.69) is 11.8 Å². The molecule has 0 aliphatic carbocycles. The van der Waals surface area contributed by atoms with Crippen LogP contribution in [0.5, 0.6) is 0 Å². The van der Waals surface area contributed by atoms with Crippen LogP contribution in [0.15, 0.2) is 0 Å². The van der Waals surface area contributed by atoms with Gasteiger partial charge in [0.1, 0.15) is 0 Å². The molecule has 2 N–H and O–H groups in total. The van der Waals surface area contributed by atoms with Crippen molar-refractivity contribution in [3.8, 4) is 0 Å². The maximum absolute atomic E-state index is 11.4. The normalized spacial score (nSPS) is 28.1. The van der Waals surface area contributed by atoms with Crippen molar-refractivity contribution in [3.63, 3.8) is 0 Å². The maximum atomic E-state index is 11.4. The van der Waals surface area contributed by atoms with Crippen LogP contribution in [0.3, 0.4) is 0 Å². The molecule has 0 saturated carbocycles. The van der Waals surface area contributed by atoms with Crippen LogP contribution in [0, 0.1) is 5.92 Å². The SMILES string of the molecule is CC1CC(N)CN(CC(=O)OC(C)C)C1. The number of nitrogens with zero attached hydrogens (tertiary/aromatic N) is 1. The van der Waals surface area contributed by atoms with Crippen molar-refractivity contribution in [3.05, 3.63) is 0 Å². The van der Waals surface area contributed by atoms with E-state index in [0.717, 1.165) is 19.5 Å². The van der Waals surface area contributed by atoms with E-state index < -0.39 is 0 Å². The number of likely N-dealkylation sites (tertiary alicyclic amines) is 1. The van der Waals surface area contributed by atoms with Crippen LogP contribution in [-0.4, -0.2) is 42.6 Å². The summed E-state index contributed by atoms with van der Waals surface area (Å²) >= 11 is 0. The van der Waals surface area contributed by atoms with Gasteiger partial charge in [-0.05, 0) is 26.2 Å². The number of hydrogen-bond donors (Lipinski definition) is 1. The minimum Gasteiger partial charge on any atom is -0.462 e. The molecule has 0 aromatic heterocycles. The van der Waals surface area contributed by atoms with Crippen molar-refractivity contribution in [2.24, 2.45) is 11.7 Å². The molecule has 0 amide bonds. The van der Waals surface area contributed by atoms with Gasteiger partial charge in [0.2, 0.25) is 0 Å². The van der Waals surface area contributed by atoms with Gasteiger partial charge < -0.3 is 10.5 Å². The highest BCUT2D eigenvalue weighted by Gasteiger charge is 2.24. The molecule has 1 rings (SSSR count). The van der Waals surface area contributed by atoms with Gasteiger partial charge in [-0.3, -0.25) is 9.69 Å². The van der Waals surface area contributed by atoms with Gasteiger partial charge in [0.15, 0.2) is 0 Å². The molecule has 15 heavy (non-hydrogen) atoms. The Hall–Kier alpha value is -0.610. The van der Waals surface area contributed by atoms with Gasteiger partial charge in [0.05, 0.1) is 12.6 Å². The number of piperidine rings is 1. The van der Waals surface area contributed by atoms with Crippen LogP contribution in [-0.2, 0) is 9.53 Å². The summed E-state index contributed by atoms with van der Waals surface area (Å²) in [4.78, 5) is 13.5. The molecule has 1 aliphatic rings. The Balaban J connectivity index is 2.34. The zero-order valence-corrected chi connectivity index (χ0v) is 9.90. The molecule has 1 aliphatic heterocycles. The highest BCUT2D eigenvalue weighted by molar-refractivity contribution is 5.71. The van der Waals surface area contributed by atoms with E-state index >= 15 is 0 Å². The van der Waals surface area contributed by atoms with Crippen LogP contribution in [0.1, 0.15) is 27.2 Å². The van der Waals surface area contributed by atoms with Gasteiger partial charge in [-0.15, -0.1) is 0 Å². The van der Waals surface area contributed by atoms with Crippen LogP contribution in [0.2, 0.25) is 0 Å². The van der Waals surface area contributed by atoms with Crippen molar-refractivity contribution < 1.29 is 9.53 Å². The molecule has 0 bridgehead atoms. The Kier molecular flexibility index (Phi) is 4.54. The second kappa shape index (κ2) is 5.47. The number of rotatable bonds is 3. The molecule has 2 unspecified atom stereocenters. The molecular formula is C11H22N2O2. The predicted octanol–water partition coefficient (Wildman–Crippen LogP) is 0.607. The first kappa shape index (κ1) is 12.5. The van der Waals surface area contributed by atoms with Gasteiger partial charge in [-0.2, -0.15) is 0 Å². The average molecular weight is 214 g/mol. The zero-order chi connectivity index (χ0) is 11.4. The molecule has 0 aromatic carbocycles. The molecule has 1 saturated heterocycles. The first-order chi connectivity index (χ1) is 6.97. The number of esters is 1. The Morgan fingerprint density at radius 1 is 1.53 bits per heavy atom. The summed E-state index contributed by atoms with van der Waals surface area (Å²) in [5.74, 6) is 0.423. The van der Waals surface area contributed by atoms with Crippen molar-refractivity contribution in [2.75, 3.05) is 19.6 Å². The van der Waals surface area contributed by atoms with E-state index in [9.17, 15) is 4.79 Å². The summed E-state index contributed by atoms with van der Waals surface area (Å²) in [7, 11) is 0. The van der Waals surface area contributed by atoms with E-state index in [1.807, 2.05) is 13.8 Å². The molecule has 4 nitrogen and oxygen atoms in total. The van der Waals surface area contributed by atoms with Crippen molar-refractivity contribution >= 4 is 5.97 Å². The second-order valence-electron chi connectivity index (χ2n) is 4.83. The van der Waals surface area contributed by atoms with Crippen molar-refractivity contribution in [1.82, 2.24) is 4.90 Å². The highest BCUT2D eigenvalue weighted by atomic mass is 16.5. The molecule has 0 aromatic rings. The standard InChI is InChI=1S/C11H22N2O2/c1-8(2)15-11(14)7-13-5-9(3)4-10(12)6-13/h8-10H,4-7,12H2,1-3H3. The third-order valence-corrected chi connectivity index (χ3v) is 2.49. The minimum absolute atomic E-state index is 0.0339. The third kappa shape index (κ3) is 4.62. The van der Waals surface area contributed by atoms with E-state index in [-0.39, 0.29) is 18.1 Å². The smallest absolute Gasteiger partial charge is 0.320 e. The van der Waals surface area contributed by atoms with E-state index in [0.29, 0.717) is 12.5 Å². The quantitative estimate of drug-likeness (QED) is 0.699. The molecule has 0 radical (unpaired) electrons. The van der Waals surface area contributed by atoms with E-state index in [1.54, 1.807) is 0 Å². The monoisotopic (exact) mass is 214 g/mol. The number of hydrogen-bond acceptors (Lipinski definition) is 4.